The van der Waals surface area contributed by atoms with Gasteiger partial charge in [-0.15, -0.1) is 6.58 Å². The standard InChI is InChI=1S/C10H17N3/c1-4-6-11-9(5-2)10-12-7-8-13(10)3/h5,7-9,11H,2,4,6H2,1,3H3. The highest BCUT2D eigenvalue weighted by molar-refractivity contribution is 5.05. The van der Waals surface area contributed by atoms with Gasteiger partial charge in [-0.2, -0.15) is 0 Å². The summed E-state index contributed by atoms with van der Waals surface area (Å²) in [6.45, 7) is 6.93. The van der Waals surface area contributed by atoms with Crippen molar-refractivity contribution in [2.75, 3.05) is 6.54 Å². The molecule has 3 heteroatoms. The Hall–Kier alpha value is -1.09. The summed E-state index contributed by atoms with van der Waals surface area (Å²) in [6, 6.07) is 0.167. The lowest BCUT2D eigenvalue weighted by Gasteiger charge is -2.13. The minimum Gasteiger partial charge on any atom is -0.336 e. The van der Waals surface area contributed by atoms with Gasteiger partial charge in [0.05, 0.1) is 6.04 Å². The van der Waals surface area contributed by atoms with Crippen molar-refractivity contribution in [2.24, 2.45) is 7.05 Å². The largest absolute Gasteiger partial charge is 0.336 e. The molecule has 0 aliphatic rings. The van der Waals surface area contributed by atoms with Gasteiger partial charge in [0.25, 0.3) is 0 Å². The minimum atomic E-state index is 0.167. The van der Waals surface area contributed by atoms with Crippen LogP contribution in [-0.2, 0) is 7.05 Å². The lowest BCUT2D eigenvalue weighted by molar-refractivity contribution is 0.569. The molecule has 1 unspecified atom stereocenters. The summed E-state index contributed by atoms with van der Waals surface area (Å²) in [5, 5.41) is 3.36. The fraction of sp³-hybridized carbons (Fsp3) is 0.500. The van der Waals surface area contributed by atoms with Gasteiger partial charge in [-0.05, 0) is 13.0 Å². The predicted octanol–water partition coefficient (Wildman–Crippen LogP) is 1.65. The van der Waals surface area contributed by atoms with Crippen LogP contribution in [0.4, 0.5) is 0 Å². The zero-order valence-electron chi connectivity index (χ0n) is 8.33. The van der Waals surface area contributed by atoms with Gasteiger partial charge in [-0.3, -0.25) is 0 Å². The maximum Gasteiger partial charge on any atom is 0.129 e. The maximum atomic E-state index is 4.27. The molecule has 1 heterocycles. The Kier molecular flexibility index (Phi) is 3.71. The molecule has 1 aromatic heterocycles. The van der Waals surface area contributed by atoms with Crippen LogP contribution in [0.2, 0.25) is 0 Å². The molecular weight excluding hydrogens is 162 g/mol. The van der Waals surface area contributed by atoms with Crippen LogP contribution in [0.15, 0.2) is 25.0 Å². The van der Waals surface area contributed by atoms with E-state index in [4.69, 9.17) is 0 Å². The first-order valence-electron chi connectivity index (χ1n) is 4.62. The average Bonchev–Trinajstić information content (AvgIpc) is 2.54. The van der Waals surface area contributed by atoms with Crippen LogP contribution in [0.3, 0.4) is 0 Å². The molecule has 0 saturated carbocycles. The third-order valence-electron chi connectivity index (χ3n) is 1.99. The van der Waals surface area contributed by atoms with Gasteiger partial charge >= 0.3 is 0 Å². The Balaban J connectivity index is 2.66. The van der Waals surface area contributed by atoms with Crippen LogP contribution >= 0.6 is 0 Å². The summed E-state index contributed by atoms with van der Waals surface area (Å²) in [5.74, 6) is 1.02. The molecule has 0 aromatic carbocycles. The van der Waals surface area contributed by atoms with E-state index in [-0.39, 0.29) is 6.04 Å². The Labute approximate surface area is 79.5 Å². The fourth-order valence-corrected chi connectivity index (χ4v) is 1.26. The second-order valence-electron chi connectivity index (χ2n) is 3.06. The third kappa shape index (κ3) is 2.42. The van der Waals surface area contributed by atoms with E-state index in [1.165, 1.54) is 0 Å². The molecule has 0 amide bonds. The van der Waals surface area contributed by atoms with E-state index in [1.807, 2.05) is 23.9 Å². The van der Waals surface area contributed by atoms with Gasteiger partial charge in [0.15, 0.2) is 0 Å². The van der Waals surface area contributed by atoms with Crippen molar-refractivity contribution in [3.63, 3.8) is 0 Å². The van der Waals surface area contributed by atoms with Crippen LogP contribution < -0.4 is 5.32 Å². The zero-order chi connectivity index (χ0) is 9.68. The van der Waals surface area contributed by atoms with E-state index < -0.39 is 0 Å². The van der Waals surface area contributed by atoms with Gasteiger partial charge in [0, 0.05) is 19.4 Å². The number of aryl methyl sites for hydroxylation is 1. The van der Waals surface area contributed by atoms with Crippen LogP contribution in [0.1, 0.15) is 25.2 Å². The molecule has 0 aliphatic carbocycles. The third-order valence-corrected chi connectivity index (χ3v) is 1.99. The van der Waals surface area contributed by atoms with Gasteiger partial charge in [-0.1, -0.05) is 13.0 Å². The highest BCUT2D eigenvalue weighted by Gasteiger charge is 2.09. The first-order valence-corrected chi connectivity index (χ1v) is 4.62. The van der Waals surface area contributed by atoms with Crippen molar-refractivity contribution >= 4 is 0 Å². The second-order valence-corrected chi connectivity index (χ2v) is 3.06. The first kappa shape index (κ1) is 9.99. The van der Waals surface area contributed by atoms with Crippen LogP contribution in [0.25, 0.3) is 0 Å². The molecular formula is C10H17N3. The van der Waals surface area contributed by atoms with E-state index in [1.54, 1.807) is 6.20 Å². The molecule has 72 valence electrons. The summed E-state index contributed by atoms with van der Waals surface area (Å²) in [7, 11) is 1.99. The van der Waals surface area contributed by atoms with Gasteiger partial charge < -0.3 is 9.88 Å². The lowest BCUT2D eigenvalue weighted by atomic mass is 10.2. The highest BCUT2D eigenvalue weighted by atomic mass is 15.1. The molecule has 1 rings (SSSR count). The Bertz CT molecular complexity index is 265. The number of aromatic nitrogens is 2. The summed E-state index contributed by atoms with van der Waals surface area (Å²) in [4.78, 5) is 4.27. The fourth-order valence-electron chi connectivity index (χ4n) is 1.26. The molecule has 0 radical (unpaired) electrons. The van der Waals surface area contributed by atoms with Crippen molar-refractivity contribution in [3.8, 4) is 0 Å². The summed E-state index contributed by atoms with van der Waals surface area (Å²) < 4.78 is 2.01. The minimum absolute atomic E-state index is 0.167. The Morgan fingerprint density at radius 3 is 3.00 bits per heavy atom. The van der Waals surface area contributed by atoms with Crippen molar-refractivity contribution < 1.29 is 0 Å². The van der Waals surface area contributed by atoms with Crippen LogP contribution in [-0.4, -0.2) is 16.1 Å². The van der Waals surface area contributed by atoms with E-state index in [2.05, 4.69) is 23.8 Å². The molecule has 1 atom stereocenters. The van der Waals surface area contributed by atoms with E-state index >= 15 is 0 Å². The Morgan fingerprint density at radius 2 is 2.54 bits per heavy atom. The molecule has 0 aliphatic heterocycles. The highest BCUT2D eigenvalue weighted by Crippen LogP contribution is 2.09. The molecule has 0 spiro atoms. The topological polar surface area (TPSA) is 29.9 Å². The van der Waals surface area contributed by atoms with Crippen molar-refractivity contribution in [2.45, 2.75) is 19.4 Å². The number of imidazole rings is 1. The number of hydrogen-bond donors (Lipinski definition) is 1. The predicted molar refractivity (Wildman–Crippen MR) is 54.4 cm³/mol. The monoisotopic (exact) mass is 179 g/mol. The van der Waals surface area contributed by atoms with Crippen molar-refractivity contribution in [1.82, 2.24) is 14.9 Å². The molecule has 1 aromatic rings. The lowest BCUT2D eigenvalue weighted by Crippen LogP contribution is -2.22. The smallest absolute Gasteiger partial charge is 0.129 e. The summed E-state index contributed by atoms with van der Waals surface area (Å²) in [5.41, 5.74) is 0. The number of nitrogens with zero attached hydrogens (tertiary/aromatic N) is 2. The first-order chi connectivity index (χ1) is 6.29. The second kappa shape index (κ2) is 4.82. The van der Waals surface area contributed by atoms with Crippen molar-refractivity contribution in [1.29, 1.82) is 0 Å². The molecule has 1 N–H and O–H groups in total. The van der Waals surface area contributed by atoms with E-state index in [0.717, 1.165) is 18.8 Å². The van der Waals surface area contributed by atoms with Gasteiger partial charge in [0.2, 0.25) is 0 Å². The molecule has 0 bridgehead atoms. The number of hydrogen-bond acceptors (Lipinski definition) is 2. The SMILES string of the molecule is C=CC(NCCC)c1nccn1C. The molecule has 0 saturated heterocycles. The van der Waals surface area contributed by atoms with E-state index in [0.29, 0.717) is 0 Å². The summed E-state index contributed by atoms with van der Waals surface area (Å²) in [6.07, 6.45) is 6.76. The van der Waals surface area contributed by atoms with Crippen molar-refractivity contribution in [3.05, 3.63) is 30.9 Å². The van der Waals surface area contributed by atoms with Gasteiger partial charge in [0.1, 0.15) is 5.82 Å². The Morgan fingerprint density at radius 1 is 1.77 bits per heavy atom. The van der Waals surface area contributed by atoms with Crippen LogP contribution in [0, 0.1) is 0 Å². The molecule has 3 nitrogen and oxygen atoms in total. The average molecular weight is 179 g/mol. The maximum absolute atomic E-state index is 4.27. The number of nitrogens with one attached hydrogen (secondary N) is 1. The quantitative estimate of drug-likeness (QED) is 0.696. The zero-order valence-corrected chi connectivity index (χ0v) is 8.33. The summed E-state index contributed by atoms with van der Waals surface area (Å²) >= 11 is 0. The van der Waals surface area contributed by atoms with Crippen LogP contribution in [0.5, 0.6) is 0 Å². The van der Waals surface area contributed by atoms with Gasteiger partial charge in [-0.25, -0.2) is 4.98 Å². The number of rotatable bonds is 5. The molecule has 0 fully saturated rings. The van der Waals surface area contributed by atoms with E-state index in [9.17, 15) is 0 Å². The normalized spacial score (nSPS) is 12.8. The molecule has 13 heavy (non-hydrogen) atoms.